The molecule has 7 heteroatoms. The van der Waals surface area contributed by atoms with E-state index in [-0.39, 0.29) is 24.6 Å². The van der Waals surface area contributed by atoms with Crippen LogP contribution >= 0.6 is 0 Å². The monoisotopic (exact) mass is 239 g/mol. The molecule has 7 nitrogen and oxygen atoms in total. The maximum Gasteiger partial charge on any atom is 0.307 e. The summed E-state index contributed by atoms with van der Waals surface area (Å²) in [5.74, 6) is -0.385. The minimum Gasteiger partial charge on any atom is -0.469 e. The maximum absolute atomic E-state index is 10.9. The second kappa shape index (κ2) is 5.69. The molecule has 1 rings (SSSR count). The Morgan fingerprint density at radius 3 is 2.88 bits per heavy atom. The first kappa shape index (κ1) is 12.8. The van der Waals surface area contributed by atoms with Gasteiger partial charge in [0.1, 0.15) is 5.69 Å². The van der Waals surface area contributed by atoms with E-state index in [2.05, 4.69) is 10.1 Å². The standard InChI is InChI=1S/C10H13N3O4/c1-17-10(14)4-5-12-8-6-7(11)2-3-9(8)13(15)16/h2-3,6,12H,4-5,11H2,1H3. The van der Waals surface area contributed by atoms with Crippen molar-refractivity contribution in [2.24, 2.45) is 0 Å². The van der Waals surface area contributed by atoms with Gasteiger partial charge in [-0.2, -0.15) is 0 Å². The average Bonchev–Trinajstić information content (AvgIpc) is 2.28. The van der Waals surface area contributed by atoms with Crippen LogP contribution in [-0.2, 0) is 9.53 Å². The van der Waals surface area contributed by atoms with Crippen LogP contribution < -0.4 is 11.1 Å². The summed E-state index contributed by atoms with van der Waals surface area (Å²) in [6.07, 6.45) is 0.127. The number of esters is 1. The van der Waals surface area contributed by atoms with E-state index in [9.17, 15) is 14.9 Å². The smallest absolute Gasteiger partial charge is 0.307 e. The van der Waals surface area contributed by atoms with Crippen LogP contribution in [0.2, 0.25) is 0 Å². The Morgan fingerprint density at radius 2 is 2.29 bits per heavy atom. The molecule has 1 aromatic carbocycles. The van der Waals surface area contributed by atoms with Crippen molar-refractivity contribution in [2.45, 2.75) is 6.42 Å². The Morgan fingerprint density at radius 1 is 1.59 bits per heavy atom. The first-order chi connectivity index (χ1) is 8.04. The molecule has 0 aliphatic rings. The number of methoxy groups -OCH3 is 1. The van der Waals surface area contributed by atoms with Crippen LogP contribution in [0.15, 0.2) is 18.2 Å². The quantitative estimate of drug-likeness (QED) is 0.345. The summed E-state index contributed by atoms with van der Waals surface area (Å²) in [6.45, 7) is 0.247. The minimum atomic E-state index is -0.514. The van der Waals surface area contributed by atoms with Crippen LogP contribution in [0.3, 0.4) is 0 Å². The summed E-state index contributed by atoms with van der Waals surface area (Å²) in [5.41, 5.74) is 6.16. The van der Waals surface area contributed by atoms with Crippen molar-refractivity contribution >= 4 is 23.0 Å². The zero-order chi connectivity index (χ0) is 12.8. The van der Waals surface area contributed by atoms with E-state index in [4.69, 9.17) is 5.73 Å². The molecule has 0 aromatic heterocycles. The van der Waals surface area contributed by atoms with Crippen molar-refractivity contribution in [3.05, 3.63) is 28.3 Å². The van der Waals surface area contributed by atoms with Gasteiger partial charge in [0.15, 0.2) is 0 Å². The summed E-state index contributed by atoms with van der Waals surface area (Å²) >= 11 is 0. The molecule has 17 heavy (non-hydrogen) atoms. The number of carbonyl (C=O) groups is 1. The lowest BCUT2D eigenvalue weighted by Gasteiger charge is -2.07. The highest BCUT2D eigenvalue weighted by Gasteiger charge is 2.13. The van der Waals surface area contributed by atoms with E-state index in [1.54, 1.807) is 0 Å². The largest absolute Gasteiger partial charge is 0.469 e. The lowest BCUT2D eigenvalue weighted by Crippen LogP contribution is -2.10. The van der Waals surface area contributed by atoms with Gasteiger partial charge in [0, 0.05) is 18.3 Å². The molecule has 0 amide bonds. The molecule has 0 bridgehead atoms. The van der Waals surface area contributed by atoms with E-state index >= 15 is 0 Å². The topological polar surface area (TPSA) is 107 Å². The number of benzene rings is 1. The molecule has 0 aliphatic carbocycles. The molecule has 0 saturated carbocycles. The predicted octanol–water partition coefficient (Wildman–Crippen LogP) is 1.15. The molecular formula is C10H13N3O4. The SMILES string of the molecule is COC(=O)CCNc1cc(N)ccc1[N+](=O)[O-]. The van der Waals surface area contributed by atoms with E-state index in [1.165, 1.54) is 25.3 Å². The highest BCUT2D eigenvalue weighted by atomic mass is 16.6. The van der Waals surface area contributed by atoms with Crippen molar-refractivity contribution < 1.29 is 14.5 Å². The Hall–Kier alpha value is -2.31. The number of ether oxygens (including phenoxy) is 1. The van der Waals surface area contributed by atoms with Gasteiger partial charge in [0.05, 0.1) is 18.5 Å². The molecule has 0 saturated heterocycles. The van der Waals surface area contributed by atoms with E-state index in [0.717, 1.165) is 0 Å². The van der Waals surface area contributed by atoms with Crippen LogP contribution in [0.5, 0.6) is 0 Å². The zero-order valence-electron chi connectivity index (χ0n) is 9.30. The zero-order valence-corrected chi connectivity index (χ0v) is 9.30. The molecule has 92 valence electrons. The Labute approximate surface area is 97.7 Å². The average molecular weight is 239 g/mol. The highest BCUT2D eigenvalue weighted by molar-refractivity contribution is 5.71. The summed E-state index contributed by atoms with van der Waals surface area (Å²) in [5, 5.41) is 13.5. The first-order valence-corrected chi connectivity index (χ1v) is 4.89. The third kappa shape index (κ3) is 3.63. The molecule has 0 radical (unpaired) electrons. The number of rotatable bonds is 5. The van der Waals surface area contributed by atoms with Crippen LogP contribution in [0.1, 0.15) is 6.42 Å². The lowest BCUT2D eigenvalue weighted by molar-refractivity contribution is -0.383. The van der Waals surface area contributed by atoms with Crippen molar-refractivity contribution in [3.63, 3.8) is 0 Å². The minimum absolute atomic E-state index is 0.0796. The first-order valence-electron chi connectivity index (χ1n) is 4.89. The number of nitrogens with zero attached hydrogens (tertiary/aromatic N) is 1. The number of hydrogen-bond donors (Lipinski definition) is 2. The number of nitrogens with one attached hydrogen (secondary N) is 1. The molecule has 0 heterocycles. The fourth-order valence-corrected chi connectivity index (χ4v) is 1.26. The summed E-state index contributed by atoms with van der Waals surface area (Å²) in [4.78, 5) is 21.1. The normalized spacial score (nSPS) is 9.71. The van der Waals surface area contributed by atoms with E-state index < -0.39 is 4.92 Å². The Bertz CT molecular complexity index is 434. The van der Waals surface area contributed by atoms with Gasteiger partial charge in [-0.1, -0.05) is 0 Å². The third-order valence-electron chi connectivity index (χ3n) is 2.09. The predicted molar refractivity (Wildman–Crippen MR) is 62.6 cm³/mol. The van der Waals surface area contributed by atoms with Crippen molar-refractivity contribution in [3.8, 4) is 0 Å². The van der Waals surface area contributed by atoms with Crippen LogP contribution in [0.25, 0.3) is 0 Å². The molecular weight excluding hydrogens is 226 g/mol. The van der Waals surface area contributed by atoms with Gasteiger partial charge in [0.2, 0.25) is 0 Å². The molecule has 0 atom stereocenters. The summed E-state index contributed by atoms with van der Waals surface area (Å²) < 4.78 is 4.45. The number of anilines is 2. The Balaban J connectivity index is 2.72. The molecule has 0 fully saturated rings. The van der Waals surface area contributed by atoms with Crippen molar-refractivity contribution in [2.75, 3.05) is 24.7 Å². The van der Waals surface area contributed by atoms with Gasteiger partial charge in [0.25, 0.3) is 5.69 Å². The van der Waals surface area contributed by atoms with Crippen LogP contribution in [-0.4, -0.2) is 24.5 Å². The number of carbonyl (C=O) groups excluding carboxylic acids is 1. The number of nitrogen functional groups attached to an aromatic ring is 1. The number of nitro benzene ring substituents is 1. The van der Waals surface area contributed by atoms with E-state index in [1.807, 2.05) is 0 Å². The fourth-order valence-electron chi connectivity index (χ4n) is 1.26. The highest BCUT2D eigenvalue weighted by Crippen LogP contribution is 2.26. The van der Waals surface area contributed by atoms with Crippen molar-refractivity contribution in [1.29, 1.82) is 0 Å². The molecule has 0 spiro atoms. The summed E-state index contributed by atoms with van der Waals surface area (Å²) in [6, 6.07) is 4.22. The maximum atomic E-state index is 10.9. The Kier molecular flexibility index (Phi) is 4.27. The fraction of sp³-hybridized carbons (Fsp3) is 0.300. The van der Waals surface area contributed by atoms with Gasteiger partial charge < -0.3 is 15.8 Å². The lowest BCUT2D eigenvalue weighted by atomic mass is 10.2. The molecule has 3 N–H and O–H groups in total. The number of nitrogens with two attached hydrogens (primary N) is 1. The van der Waals surface area contributed by atoms with Gasteiger partial charge in [-0.15, -0.1) is 0 Å². The third-order valence-corrected chi connectivity index (χ3v) is 2.09. The van der Waals surface area contributed by atoms with Gasteiger partial charge >= 0.3 is 5.97 Å². The van der Waals surface area contributed by atoms with Crippen LogP contribution in [0.4, 0.5) is 17.1 Å². The number of nitro groups is 1. The van der Waals surface area contributed by atoms with Crippen LogP contribution in [0, 0.1) is 10.1 Å². The van der Waals surface area contributed by atoms with Gasteiger partial charge in [-0.3, -0.25) is 14.9 Å². The second-order valence-electron chi connectivity index (χ2n) is 3.29. The number of hydrogen-bond acceptors (Lipinski definition) is 6. The van der Waals surface area contributed by atoms with Gasteiger partial charge in [-0.25, -0.2) is 0 Å². The van der Waals surface area contributed by atoms with Crippen molar-refractivity contribution in [1.82, 2.24) is 0 Å². The summed E-state index contributed by atoms with van der Waals surface area (Å²) in [7, 11) is 1.28. The second-order valence-corrected chi connectivity index (χ2v) is 3.29. The molecule has 0 aliphatic heterocycles. The van der Waals surface area contributed by atoms with Gasteiger partial charge in [-0.05, 0) is 12.1 Å². The molecule has 1 aromatic rings. The molecule has 0 unspecified atom stereocenters. The van der Waals surface area contributed by atoms with E-state index in [0.29, 0.717) is 11.4 Å².